The van der Waals surface area contributed by atoms with Gasteiger partial charge in [-0.3, -0.25) is 4.79 Å². The van der Waals surface area contributed by atoms with Crippen molar-refractivity contribution in [3.8, 4) is 0 Å². The number of ether oxygens (including phenoxy) is 2. The van der Waals surface area contributed by atoms with Gasteiger partial charge in [0.1, 0.15) is 11.8 Å². The summed E-state index contributed by atoms with van der Waals surface area (Å²) < 4.78 is 13.2. The molecule has 1 N–H and O–H groups in total. The molecule has 0 radical (unpaired) electrons. The molecule has 3 heterocycles. The van der Waals surface area contributed by atoms with Crippen molar-refractivity contribution in [2.45, 2.75) is 18.6 Å². The van der Waals surface area contributed by atoms with Gasteiger partial charge in [-0.2, -0.15) is 0 Å². The summed E-state index contributed by atoms with van der Waals surface area (Å²) in [6.07, 6.45) is 5.97. The lowest BCUT2D eigenvalue weighted by Crippen LogP contribution is -2.50. The average molecular weight is 332 g/mol. The van der Waals surface area contributed by atoms with Gasteiger partial charge in [0.15, 0.2) is 0 Å². The Labute approximate surface area is 141 Å². The molecule has 1 saturated heterocycles. The van der Waals surface area contributed by atoms with Crippen LogP contribution in [0.3, 0.4) is 0 Å². The third-order valence-electron chi connectivity index (χ3n) is 4.14. The summed E-state index contributed by atoms with van der Waals surface area (Å²) in [5.41, 5.74) is 1.43. The minimum atomic E-state index is -0.111. The van der Waals surface area contributed by atoms with Crippen molar-refractivity contribution in [1.82, 2.24) is 19.6 Å². The predicted molar refractivity (Wildman–Crippen MR) is 90.2 cm³/mol. The summed E-state index contributed by atoms with van der Waals surface area (Å²) in [5.74, 6) is -0.0984. The highest BCUT2D eigenvalue weighted by Crippen LogP contribution is 2.13. The molecular formula is C17H24N4O3. The Kier molecular flexibility index (Phi) is 5.44. The number of nitrogens with one attached hydrogen (secondary N) is 1. The van der Waals surface area contributed by atoms with Crippen LogP contribution in [0.2, 0.25) is 0 Å². The fraction of sp³-hybridized carbons (Fsp3) is 0.529. The first-order chi connectivity index (χ1) is 11.6. The van der Waals surface area contributed by atoms with Gasteiger partial charge in [0.05, 0.1) is 24.8 Å². The average Bonchev–Trinajstić information content (AvgIpc) is 3.03. The summed E-state index contributed by atoms with van der Waals surface area (Å²) >= 11 is 0. The number of likely N-dealkylation sites (N-methyl/N-ethyl adjacent to an activating group) is 1. The van der Waals surface area contributed by atoms with Crippen molar-refractivity contribution in [1.29, 1.82) is 0 Å². The van der Waals surface area contributed by atoms with Gasteiger partial charge in [-0.1, -0.05) is 0 Å². The molecule has 3 rings (SSSR count). The normalized spacial score (nSPS) is 21.3. The van der Waals surface area contributed by atoms with Crippen LogP contribution in [0, 0.1) is 0 Å². The fourth-order valence-corrected chi connectivity index (χ4v) is 2.73. The predicted octanol–water partition coefficient (Wildman–Crippen LogP) is 0.800. The summed E-state index contributed by atoms with van der Waals surface area (Å²) in [6, 6.07) is 3.59. The van der Waals surface area contributed by atoms with E-state index in [0.29, 0.717) is 25.4 Å². The molecule has 1 amide bonds. The highest BCUT2D eigenvalue weighted by atomic mass is 16.5. The standard InChI is InChI=1S/C17H24N4O3/c1-20(2)8-10-24-15-12-23-9-5-14(15)19-17(22)13-3-4-16-18-6-7-21(16)11-13/h3-4,6-7,11,14-15H,5,8-10,12H2,1-2H3,(H,19,22)/t14-,15-/m1/s1. The Morgan fingerprint density at radius 3 is 3.21 bits per heavy atom. The monoisotopic (exact) mass is 332 g/mol. The fourth-order valence-electron chi connectivity index (χ4n) is 2.73. The van der Waals surface area contributed by atoms with Crippen LogP contribution in [0.1, 0.15) is 16.8 Å². The molecule has 130 valence electrons. The summed E-state index contributed by atoms with van der Waals surface area (Å²) in [4.78, 5) is 18.8. The van der Waals surface area contributed by atoms with E-state index < -0.39 is 0 Å². The summed E-state index contributed by atoms with van der Waals surface area (Å²) in [7, 11) is 4.01. The molecule has 2 aromatic heterocycles. The van der Waals surface area contributed by atoms with Crippen molar-refractivity contribution < 1.29 is 14.3 Å². The molecule has 1 aliphatic heterocycles. The smallest absolute Gasteiger partial charge is 0.253 e. The van der Waals surface area contributed by atoms with Crippen LogP contribution in [-0.4, -0.2) is 72.8 Å². The number of carbonyl (C=O) groups excluding carboxylic acids is 1. The summed E-state index contributed by atoms with van der Waals surface area (Å²) in [6.45, 7) is 2.61. The molecule has 0 aliphatic carbocycles. The van der Waals surface area contributed by atoms with Gasteiger partial charge in [-0.25, -0.2) is 4.98 Å². The lowest BCUT2D eigenvalue weighted by molar-refractivity contribution is -0.0690. The first kappa shape index (κ1) is 16.9. The lowest BCUT2D eigenvalue weighted by Gasteiger charge is -2.32. The van der Waals surface area contributed by atoms with Crippen molar-refractivity contribution >= 4 is 11.6 Å². The molecule has 0 unspecified atom stereocenters. The van der Waals surface area contributed by atoms with E-state index in [2.05, 4.69) is 15.2 Å². The number of aromatic nitrogens is 2. The number of amides is 1. The molecule has 24 heavy (non-hydrogen) atoms. The van der Waals surface area contributed by atoms with Gasteiger partial charge in [-0.05, 0) is 32.6 Å². The number of rotatable bonds is 6. The van der Waals surface area contributed by atoms with Gasteiger partial charge in [-0.15, -0.1) is 0 Å². The van der Waals surface area contributed by atoms with E-state index in [1.54, 1.807) is 18.5 Å². The SMILES string of the molecule is CN(C)CCO[C@@H]1COCC[C@H]1NC(=O)c1ccc2nccn2c1. The van der Waals surface area contributed by atoms with Gasteiger partial charge in [0.2, 0.25) is 0 Å². The minimum Gasteiger partial charge on any atom is -0.379 e. The van der Waals surface area contributed by atoms with E-state index in [9.17, 15) is 4.79 Å². The number of imidazole rings is 1. The third kappa shape index (κ3) is 4.11. The second-order valence-corrected chi connectivity index (χ2v) is 6.27. The van der Waals surface area contributed by atoms with Crippen LogP contribution in [0.15, 0.2) is 30.7 Å². The summed E-state index contributed by atoms with van der Waals surface area (Å²) in [5, 5.41) is 3.09. The van der Waals surface area contributed by atoms with Crippen molar-refractivity contribution in [2.75, 3.05) is 40.5 Å². The second-order valence-electron chi connectivity index (χ2n) is 6.27. The van der Waals surface area contributed by atoms with Crippen molar-refractivity contribution in [2.24, 2.45) is 0 Å². The first-order valence-electron chi connectivity index (χ1n) is 8.21. The maximum absolute atomic E-state index is 12.6. The quantitative estimate of drug-likeness (QED) is 0.847. The van der Waals surface area contributed by atoms with E-state index in [0.717, 1.165) is 18.6 Å². The van der Waals surface area contributed by atoms with E-state index in [1.165, 1.54) is 0 Å². The number of carbonyl (C=O) groups is 1. The number of hydrogen-bond acceptors (Lipinski definition) is 5. The molecule has 1 aliphatic rings. The van der Waals surface area contributed by atoms with Crippen molar-refractivity contribution in [3.63, 3.8) is 0 Å². The van der Waals surface area contributed by atoms with Crippen LogP contribution >= 0.6 is 0 Å². The molecule has 0 bridgehead atoms. The Morgan fingerprint density at radius 1 is 1.50 bits per heavy atom. The number of hydrogen-bond donors (Lipinski definition) is 1. The molecule has 2 aromatic rings. The van der Waals surface area contributed by atoms with E-state index in [1.807, 2.05) is 30.8 Å². The third-order valence-corrected chi connectivity index (χ3v) is 4.14. The Bertz CT molecular complexity index is 685. The molecule has 1 fully saturated rings. The van der Waals surface area contributed by atoms with E-state index in [4.69, 9.17) is 9.47 Å². The van der Waals surface area contributed by atoms with Crippen LogP contribution in [0.5, 0.6) is 0 Å². The zero-order chi connectivity index (χ0) is 16.9. The number of fused-ring (bicyclic) bond motifs is 1. The molecule has 2 atom stereocenters. The highest BCUT2D eigenvalue weighted by Gasteiger charge is 2.28. The van der Waals surface area contributed by atoms with E-state index >= 15 is 0 Å². The maximum atomic E-state index is 12.6. The van der Waals surface area contributed by atoms with Crippen LogP contribution < -0.4 is 5.32 Å². The van der Waals surface area contributed by atoms with Gasteiger partial charge >= 0.3 is 0 Å². The zero-order valence-corrected chi connectivity index (χ0v) is 14.1. The highest BCUT2D eigenvalue weighted by molar-refractivity contribution is 5.94. The number of nitrogens with zero attached hydrogens (tertiary/aromatic N) is 3. The largest absolute Gasteiger partial charge is 0.379 e. The molecule has 0 saturated carbocycles. The lowest BCUT2D eigenvalue weighted by atomic mass is 10.1. The first-order valence-corrected chi connectivity index (χ1v) is 8.21. The number of pyridine rings is 1. The van der Waals surface area contributed by atoms with Crippen LogP contribution in [0.4, 0.5) is 0 Å². The Hall–Kier alpha value is -1.96. The maximum Gasteiger partial charge on any atom is 0.253 e. The van der Waals surface area contributed by atoms with Gasteiger partial charge in [0, 0.05) is 31.7 Å². The van der Waals surface area contributed by atoms with Gasteiger partial charge < -0.3 is 24.1 Å². The zero-order valence-electron chi connectivity index (χ0n) is 14.1. The van der Waals surface area contributed by atoms with Gasteiger partial charge in [0.25, 0.3) is 5.91 Å². The second kappa shape index (κ2) is 7.74. The Morgan fingerprint density at radius 2 is 2.38 bits per heavy atom. The molecular weight excluding hydrogens is 308 g/mol. The van der Waals surface area contributed by atoms with E-state index in [-0.39, 0.29) is 18.1 Å². The Balaban J connectivity index is 1.62. The minimum absolute atomic E-state index is 0.0353. The topological polar surface area (TPSA) is 68.1 Å². The van der Waals surface area contributed by atoms with Crippen LogP contribution in [-0.2, 0) is 9.47 Å². The molecule has 0 aromatic carbocycles. The van der Waals surface area contributed by atoms with Crippen molar-refractivity contribution in [3.05, 3.63) is 36.3 Å². The molecule has 7 heteroatoms. The van der Waals surface area contributed by atoms with Crippen LogP contribution in [0.25, 0.3) is 5.65 Å². The molecule has 7 nitrogen and oxygen atoms in total. The molecule has 0 spiro atoms.